The van der Waals surface area contributed by atoms with E-state index in [1.54, 1.807) is 12.7 Å². The third-order valence-electron chi connectivity index (χ3n) is 5.18. The molecule has 0 heterocycles. The Hall–Kier alpha value is -1.77. The van der Waals surface area contributed by atoms with Crippen molar-refractivity contribution < 1.29 is 4.74 Å². The zero-order valence-electron chi connectivity index (χ0n) is 16.0. The zero-order valence-corrected chi connectivity index (χ0v) is 16.8. The lowest BCUT2D eigenvalue weighted by atomic mass is 9.73. The largest absolute Gasteiger partial charge is 0.497 e. The third-order valence-corrected chi connectivity index (χ3v) is 5.18. The molecule has 0 bridgehead atoms. The average molecular weight is 372 g/mol. The molecule has 0 aliphatic heterocycles. The lowest BCUT2D eigenvalue weighted by Gasteiger charge is -2.35. The van der Waals surface area contributed by atoms with E-state index in [4.69, 9.17) is 4.74 Å². The Morgan fingerprint density at radius 1 is 1.08 bits per heavy atom. The second-order valence-corrected chi connectivity index (χ2v) is 7.36. The van der Waals surface area contributed by atoms with Crippen LogP contribution < -0.4 is 4.74 Å². The molecule has 0 spiro atoms. The van der Waals surface area contributed by atoms with E-state index >= 15 is 0 Å². The first-order valence-corrected chi connectivity index (χ1v) is 9.19. The summed E-state index contributed by atoms with van der Waals surface area (Å²) in [5.41, 5.74) is 4.28. The molecule has 26 heavy (non-hydrogen) atoms. The van der Waals surface area contributed by atoms with E-state index in [0.717, 1.165) is 18.7 Å². The molecule has 2 aromatic rings. The van der Waals surface area contributed by atoms with Gasteiger partial charge in [0, 0.05) is 6.54 Å². The fourth-order valence-corrected chi connectivity index (χ4v) is 3.99. The molecule has 0 amide bonds. The fraction of sp³-hybridized carbons (Fsp3) is 0.391. The van der Waals surface area contributed by atoms with E-state index < -0.39 is 0 Å². The maximum Gasteiger partial charge on any atom is 0.119 e. The van der Waals surface area contributed by atoms with E-state index in [0.29, 0.717) is 11.8 Å². The molecule has 0 N–H and O–H groups in total. The van der Waals surface area contributed by atoms with E-state index in [1.165, 1.54) is 24.0 Å². The van der Waals surface area contributed by atoms with Gasteiger partial charge in [-0.05, 0) is 68.5 Å². The summed E-state index contributed by atoms with van der Waals surface area (Å²) in [6.45, 7) is 1.14. The highest BCUT2D eigenvalue weighted by Crippen LogP contribution is 2.42. The topological polar surface area (TPSA) is 12.5 Å². The molecule has 1 aliphatic carbocycles. The molecule has 2 nitrogen and oxygen atoms in total. The molecule has 2 atom stereocenters. The van der Waals surface area contributed by atoms with Crippen molar-refractivity contribution in [3.05, 3.63) is 71.3 Å². The van der Waals surface area contributed by atoms with Crippen LogP contribution in [0.1, 0.15) is 36.3 Å². The van der Waals surface area contributed by atoms with Crippen molar-refractivity contribution in [3.8, 4) is 5.75 Å². The van der Waals surface area contributed by atoms with Crippen molar-refractivity contribution in [2.24, 2.45) is 5.92 Å². The lowest BCUT2D eigenvalue weighted by molar-refractivity contribution is 0.256. The summed E-state index contributed by atoms with van der Waals surface area (Å²) in [5.74, 6) is 2.21. The summed E-state index contributed by atoms with van der Waals surface area (Å²) >= 11 is 0. The zero-order chi connectivity index (χ0) is 17.6. The second-order valence-electron chi connectivity index (χ2n) is 7.36. The summed E-state index contributed by atoms with van der Waals surface area (Å²) < 4.78 is 5.46. The normalized spacial score (nSPS) is 21.5. The van der Waals surface area contributed by atoms with Gasteiger partial charge in [0.1, 0.15) is 5.75 Å². The molecule has 1 saturated carbocycles. The first kappa shape index (κ1) is 20.5. The van der Waals surface area contributed by atoms with Crippen LogP contribution in [0.15, 0.2) is 60.2 Å². The molecule has 0 aromatic heterocycles. The van der Waals surface area contributed by atoms with Crippen LogP contribution in [0, 0.1) is 5.92 Å². The Morgan fingerprint density at radius 3 is 2.54 bits per heavy atom. The molecule has 1 aliphatic rings. The maximum atomic E-state index is 5.46. The second kappa shape index (κ2) is 9.80. The Kier molecular flexibility index (Phi) is 7.74. The number of ether oxygens (including phenoxy) is 1. The van der Waals surface area contributed by atoms with Crippen LogP contribution in [-0.4, -0.2) is 32.6 Å². The predicted octanol–water partition coefficient (Wildman–Crippen LogP) is 5.65. The van der Waals surface area contributed by atoms with E-state index in [2.05, 4.69) is 73.6 Å². The van der Waals surface area contributed by atoms with Crippen LogP contribution in [0.4, 0.5) is 0 Å². The minimum Gasteiger partial charge on any atom is -0.497 e. The third kappa shape index (κ3) is 5.36. The van der Waals surface area contributed by atoms with Crippen molar-refractivity contribution in [1.29, 1.82) is 0 Å². The van der Waals surface area contributed by atoms with Gasteiger partial charge in [0.2, 0.25) is 0 Å². The van der Waals surface area contributed by atoms with Crippen LogP contribution in [-0.2, 0) is 0 Å². The average Bonchev–Trinajstić information content (AvgIpc) is 2.63. The van der Waals surface area contributed by atoms with Gasteiger partial charge in [-0.15, -0.1) is 12.4 Å². The fourth-order valence-electron chi connectivity index (χ4n) is 3.99. The Labute approximate surface area is 164 Å². The number of rotatable bonds is 5. The molecule has 0 saturated heterocycles. The summed E-state index contributed by atoms with van der Waals surface area (Å²) in [6.07, 6.45) is 5.98. The molecule has 2 aromatic carbocycles. The lowest BCUT2D eigenvalue weighted by Crippen LogP contribution is -2.29. The number of halogens is 1. The molecule has 1 fully saturated rings. The molecule has 140 valence electrons. The van der Waals surface area contributed by atoms with Crippen LogP contribution in [0.5, 0.6) is 5.75 Å². The van der Waals surface area contributed by atoms with Crippen LogP contribution in [0.3, 0.4) is 0 Å². The summed E-state index contributed by atoms with van der Waals surface area (Å²) in [5, 5.41) is 0. The van der Waals surface area contributed by atoms with Gasteiger partial charge in [-0.2, -0.15) is 0 Å². The van der Waals surface area contributed by atoms with Crippen LogP contribution in [0.2, 0.25) is 0 Å². The van der Waals surface area contributed by atoms with Crippen molar-refractivity contribution in [3.63, 3.8) is 0 Å². The van der Waals surface area contributed by atoms with Crippen molar-refractivity contribution in [2.75, 3.05) is 27.7 Å². The Balaban J connectivity index is 0.00000243. The highest BCUT2D eigenvalue weighted by atomic mass is 35.5. The quantitative estimate of drug-likeness (QED) is 0.673. The molecule has 3 rings (SSSR count). The van der Waals surface area contributed by atoms with Gasteiger partial charge in [0.15, 0.2) is 0 Å². The molecule has 0 unspecified atom stereocenters. The molecule has 3 heteroatoms. The van der Waals surface area contributed by atoms with Gasteiger partial charge in [0.05, 0.1) is 7.11 Å². The standard InChI is InChI=1S/C23H29NO.ClH/c1-24(2)17-21-13-12-19(14-18-8-5-4-6-9-18)15-23(21)20-10-7-11-22(16-20)25-3;/h4-11,14,16,21,23H,12-13,15,17H2,1-3H3;1H/b19-14-;/t21-,23-;/m0./s1. The van der Waals surface area contributed by atoms with Gasteiger partial charge in [-0.25, -0.2) is 0 Å². The van der Waals surface area contributed by atoms with Crippen LogP contribution in [0.25, 0.3) is 6.08 Å². The number of hydrogen-bond donors (Lipinski definition) is 0. The summed E-state index contributed by atoms with van der Waals surface area (Å²) in [4.78, 5) is 2.32. The molecular formula is C23H30ClNO. The van der Waals surface area contributed by atoms with E-state index in [1.807, 2.05) is 6.07 Å². The minimum atomic E-state index is 0. The van der Waals surface area contributed by atoms with Crippen molar-refractivity contribution in [2.45, 2.75) is 25.2 Å². The predicted molar refractivity (Wildman–Crippen MR) is 113 cm³/mol. The van der Waals surface area contributed by atoms with Gasteiger partial charge < -0.3 is 9.64 Å². The molecule has 0 radical (unpaired) electrons. The number of allylic oxidation sites excluding steroid dienone is 1. The van der Waals surface area contributed by atoms with Gasteiger partial charge >= 0.3 is 0 Å². The SMILES string of the molecule is COc1cccc([C@@H]2C/C(=C\c3ccccc3)CC[C@H]2CN(C)C)c1.Cl. The van der Waals surface area contributed by atoms with E-state index in [-0.39, 0.29) is 12.4 Å². The van der Waals surface area contributed by atoms with Crippen LogP contribution >= 0.6 is 12.4 Å². The van der Waals surface area contributed by atoms with Gasteiger partial charge in [0.25, 0.3) is 0 Å². The van der Waals surface area contributed by atoms with Gasteiger partial charge in [-0.3, -0.25) is 0 Å². The number of methoxy groups -OCH3 is 1. The summed E-state index contributed by atoms with van der Waals surface area (Å²) in [7, 11) is 6.11. The number of nitrogens with zero attached hydrogens (tertiary/aromatic N) is 1. The highest BCUT2D eigenvalue weighted by Gasteiger charge is 2.29. The molecular weight excluding hydrogens is 342 g/mol. The first-order valence-electron chi connectivity index (χ1n) is 9.19. The van der Waals surface area contributed by atoms with Crippen molar-refractivity contribution >= 4 is 18.5 Å². The maximum absolute atomic E-state index is 5.46. The highest BCUT2D eigenvalue weighted by molar-refractivity contribution is 5.85. The van der Waals surface area contributed by atoms with Gasteiger partial charge in [-0.1, -0.05) is 54.1 Å². The first-order chi connectivity index (χ1) is 12.2. The smallest absolute Gasteiger partial charge is 0.119 e. The number of benzene rings is 2. The number of hydrogen-bond acceptors (Lipinski definition) is 2. The van der Waals surface area contributed by atoms with Crippen molar-refractivity contribution in [1.82, 2.24) is 4.90 Å². The Morgan fingerprint density at radius 2 is 1.85 bits per heavy atom. The summed E-state index contributed by atoms with van der Waals surface area (Å²) in [6, 6.07) is 19.3. The minimum absolute atomic E-state index is 0. The van der Waals surface area contributed by atoms with E-state index in [9.17, 15) is 0 Å². The Bertz CT molecular complexity index is 711. The monoisotopic (exact) mass is 371 g/mol.